The Labute approximate surface area is 347 Å². The first kappa shape index (κ1) is 41.9. The number of para-hydroxylation sites is 1. The molecule has 2 atom stereocenters. The highest BCUT2D eigenvalue weighted by atomic mass is 79.9. The molecule has 58 heavy (non-hydrogen) atoms. The summed E-state index contributed by atoms with van der Waals surface area (Å²) in [6, 6.07) is 21.6. The topological polar surface area (TPSA) is 198 Å². The van der Waals surface area contributed by atoms with Gasteiger partial charge >= 0.3 is 12.2 Å². The number of anilines is 2. The third-order valence-corrected chi connectivity index (χ3v) is 10.1. The third kappa shape index (κ3) is 10.4. The Bertz CT molecular complexity index is 2410. The highest BCUT2D eigenvalue weighted by Crippen LogP contribution is 2.34. The van der Waals surface area contributed by atoms with E-state index in [-0.39, 0.29) is 45.1 Å². The number of nitrogens with one attached hydrogen (secondary N) is 2. The van der Waals surface area contributed by atoms with Crippen molar-refractivity contribution in [1.82, 2.24) is 29.5 Å². The van der Waals surface area contributed by atoms with E-state index in [2.05, 4.69) is 47.0 Å². The first-order valence-corrected chi connectivity index (χ1v) is 20.0. The molecule has 2 amide bonds. The van der Waals surface area contributed by atoms with E-state index in [0.29, 0.717) is 28.8 Å². The van der Waals surface area contributed by atoms with Crippen LogP contribution in [0.1, 0.15) is 41.5 Å². The average molecular weight is 896 g/mol. The van der Waals surface area contributed by atoms with Crippen molar-refractivity contribution in [2.24, 2.45) is 0 Å². The van der Waals surface area contributed by atoms with E-state index in [1.165, 1.54) is 6.26 Å². The fraction of sp³-hybridized carbons (Fsp3) is 0.263. The zero-order valence-corrected chi connectivity index (χ0v) is 35.0. The Morgan fingerprint density at radius 3 is 1.78 bits per heavy atom. The van der Waals surface area contributed by atoms with Gasteiger partial charge < -0.3 is 28.9 Å². The monoisotopic (exact) mass is 894 g/mol. The molecular formula is C38H36BrFN8O8S2. The number of ether oxygens (including phenoxy) is 2. The summed E-state index contributed by atoms with van der Waals surface area (Å²) in [4.78, 5) is 52.4. The van der Waals surface area contributed by atoms with E-state index >= 15 is 4.39 Å². The number of benzene rings is 2. The number of carbonyl (C=O) groups excluding carboxylic acids is 4. The zero-order chi connectivity index (χ0) is 41.8. The number of hydrogen-bond acceptors (Lipinski definition) is 14. The summed E-state index contributed by atoms with van der Waals surface area (Å²) in [6.45, 7) is 10.1. The van der Waals surface area contributed by atoms with Gasteiger partial charge in [0, 0.05) is 16.9 Å². The quantitative estimate of drug-likeness (QED) is 0.0922. The summed E-state index contributed by atoms with van der Waals surface area (Å²) in [5.74, 6) is -0.671. The highest BCUT2D eigenvalue weighted by molar-refractivity contribution is 9.11. The van der Waals surface area contributed by atoms with Gasteiger partial charge in [-0.1, -0.05) is 45.9 Å². The average Bonchev–Trinajstić information content (AvgIpc) is 3.98. The maximum absolute atomic E-state index is 15.4. The Balaban J connectivity index is 1.15. The van der Waals surface area contributed by atoms with Crippen molar-refractivity contribution in [1.29, 1.82) is 0 Å². The summed E-state index contributed by atoms with van der Waals surface area (Å²) in [7, 11) is 0. The lowest BCUT2D eigenvalue weighted by Crippen LogP contribution is -2.28. The SMILES string of the molecule is CC(C)(C)OC(=O)n1c(SC(F)C(=O)Nc2ccc(-c3ccc(-c4nnc(SC(Br)C(=O)Nc5ccccc5)n4C(=O)OC(C)(C)C)o3)cc2)nnc1-c1ccco1. The molecule has 0 radical (unpaired) electrons. The second-order valence-electron chi connectivity index (χ2n) is 14.2. The van der Waals surface area contributed by atoms with Gasteiger partial charge in [-0.05, 0) is 114 Å². The molecule has 2 unspecified atom stereocenters. The van der Waals surface area contributed by atoms with Gasteiger partial charge in [0.05, 0.1) is 6.26 Å². The predicted molar refractivity (Wildman–Crippen MR) is 217 cm³/mol. The van der Waals surface area contributed by atoms with Crippen molar-refractivity contribution < 1.29 is 41.9 Å². The number of carbonyl (C=O) groups is 4. The molecule has 0 aliphatic carbocycles. The summed E-state index contributed by atoms with van der Waals surface area (Å²) < 4.78 is 39.2. The number of hydrogen-bond donors (Lipinski definition) is 2. The number of furan rings is 2. The zero-order valence-electron chi connectivity index (χ0n) is 31.8. The number of nitrogens with zero attached hydrogens (tertiary/aromatic N) is 6. The number of alkyl halides is 2. The molecule has 0 aliphatic rings. The maximum atomic E-state index is 15.4. The van der Waals surface area contributed by atoms with Gasteiger partial charge in [-0.15, -0.1) is 20.4 Å². The van der Waals surface area contributed by atoms with E-state index in [0.717, 1.165) is 20.9 Å². The van der Waals surface area contributed by atoms with Crippen molar-refractivity contribution in [2.75, 3.05) is 10.6 Å². The molecule has 16 nitrogen and oxygen atoms in total. The fourth-order valence-corrected chi connectivity index (χ4v) is 6.93. The molecule has 0 saturated heterocycles. The van der Waals surface area contributed by atoms with Gasteiger partial charge in [0.15, 0.2) is 11.5 Å². The van der Waals surface area contributed by atoms with E-state index in [1.807, 2.05) is 6.07 Å². The molecule has 4 heterocycles. The van der Waals surface area contributed by atoms with Crippen LogP contribution in [0, 0.1) is 0 Å². The van der Waals surface area contributed by atoms with Crippen molar-refractivity contribution in [3.8, 4) is 34.5 Å². The standard InChI is InChI=1S/C38H36BrFN8O8S2/c1-37(2,3)55-35(51)47-29(25-13-10-20-53-25)43-46-34(47)58-28(40)32(50)42-23-16-14-21(15-17-23)24-18-19-26(54-24)30-44-45-33(48(30)36(52)56-38(4,5)6)57-27(39)31(49)41-22-11-8-7-9-12-22/h7-20,27-28H,1-6H3,(H,41,49)(H,42,50). The van der Waals surface area contributed by atoms with Crippen LogP contribution in [-0.2, 0) is 19.1 Å². The molecule has 20 heteroatoms. The predicted octanol–water partition coefficient (Wildman–Crippen LogP) is 9.10. The number of thioether (sulfide) groups is 2. The molecule has 2 N–H and O–H groups in total. The van der Waals surface area contributed by atoms with Gasteiger partial charge in [0.2, 0.25) is 33.4 Å². The number of rotatable bonds is 11. The van der Waals surface area contributed by atoms with E-state index in [1.54, 1.807) is 114 Å². The molecule has 2 aromatic carbocycles. The van der Waals surface area contributed by atoms with E-state index in [4.69, 9.17) is 18.3 Å². The molecule has 6 aromatic rings. The molecule has 4 aromatic heterocycles. The van der Waals surface area contributed by atoms with Crippen LogP contribution in [-0.4, -0.2) is 74.4 Å². The lowest BCUT2D eigenvalue weighted by Gasteiger charge is -2.20. The van der Waals surface area contributed by atoms with Crippen LogP contribution in [0.3, 0.4) is 0 Å². The van der Waals surface area contributed by atoms with E-state index in [9.17, 15) is 19.2 Å². The van der Waals surface area contributed by atoms with Crippen molar-refractivity contribution in [2.45, 2.75) is 72.7 Å². The minimum Gasteiger partial charge on any atom is -0.461 e. The first-order valence-electron chi connectivity index (χ1n) is 17.4. The molecule has 0 spiro atoms. The highest BCUT2D eigenvalue weighted by Gasteiger charge is 2.32. The summed E-state index contributed by atoms with van der Waals surface area (Å²) in [5.41, 5.74) is -2.53. The van der Waals surface area contributed by atoms with Crippen LogP contribution < -0.4 is 10.6 Å². The van der Waals surface area contributed by atoms with Crippen LogP contribution in [0.5, 0.6) is 0 Å². The minimum absolute atomic E-state index is 0.0217. The summed E-state index contributed by atoms with van der Waals surface area (Å²) >= 11 is 4.68. The van der Waals surface area contributed by atoms with Crippen LogP contribution in [0.15, 0.2) is 104 Å². The summed E-state index contributed by atoms with van der Waals surface area (Å²) in [5, 5.41) is 21.4. The lowest BCUT2D eigenvalue weighted by atomic mass is 10.1. The summed E-state index contributed by atoms with van der Waals surface area (Å²) in [6.07, 6.45) is -0.288. The Kier molecular flexibility index (Phi) is 12.6. The maximum Gasteiger partial charge on any atom is 0.422 e. The Morgan fingerprint density at radius 2 is 1.21 bits per heavy atom. The Morgan fingerprint density at radius 1 is 0.672 bits per heavy atom. The first-order chi connectivity index (χ1) is 27.5. The van der Waals surface area contributed by atoms with Crippen LogP contribution in [0.2, 0.25) is 0 Å². The molecule has 0 fully saturated rings. The molecular weight excluding hydrogens is 860 g/mol. The molecule has 0 bridgehead atoms. The minimum atomic E-state index is -2.20. The largest absolute Gasteiger partial charge is 0.461 e. The third-order valence-electron chi connectivity index (χ3n) is 7.30. The molecule has 0 aliphatic heterocycles. The molecule has 6 rings (SSSR count). The smallest absolute Gasteiger partial charge is 0.422 e. The molecule has 302 valence electrons. The van der Waals surface area contributed by atoms with E-state index < -0.39 is 39.0 Å². The Hall–Kier alpha value is -5.73. The lowest BCUT2D eigenvalue weighted by molar-refractivity contribution is -0.118. The van der Waals surface area contributed by atoms with Gasteiger partial charge in [0.25, 0.3) is 5.91 Å². The van der Waals surface area contributed by atoms with Gasteiger partial charge in [-0.25, -0.2) is 23.1 Å². The van der Waals surface area contributed by atoms with Gasteiger partial charge in [0.1, 0.15) is 21.1 Å². The second kappa shape index (κ2) is 17.4. The van der Waals surface area contributed by atoms with Crippen LogP contribution in [0.25, 0.3) is 34.5 Å². The molecule has 0 saturated carbocycles. The van der Waals surface area contributed by atoms with Crippen molar-refractivity contribution >= 4 is 74.8 Å². The van der Waals surface area contributed by atoms with Crippen molar-refractivity contribution in [3.05, 3.63) is 85.1 Å². The normalized spacial score (nSPS) is 12.8. The second-order valence-corrected chi connectivity index (χ2v) is 17.8. The van der Waals surface area contributed by atoms with Crippen molar-refractivity contribution in [3.63, 3.8) is 0 Å². The number of amides is 2. The number of halogens is 2. The van der Waals surface area contributed by atoms with Gasteiger partial charge in [-0.2, -0.15) is 0 Å². The van der Waals surface area contributed by atoms with Gasteiger partial charge in [-0.3, -0.25) is 9.59 Å². The number of aromatic nitrogens is 6. The van der Waals surface area contributed by atoms with Crippen LogP contribution >= 0.6 is 39.5 Å². The fourth-order valence-electron chi connectivity index (χ4n) is 4.90. The van der Waals surface area contributed by atoms with Crippen LogP contribution in [0.4, 0.5) is 25.4 Å².